The van der Waals surface area contributed by atoms with Crippen LogP contribution in [0.1, 0.15) is 12.8 Å². The molecule has 2 aromatic heterocycles. The molecule has 3 rings (SSSR count). The molecule has 0 saturated carbocycles. The number of pyridine rings is 1. The van der Waals surface area contributed by atoms with Crippen molar-refractivity contribution in [3.63, 3.8) is 0 Å². The summed E-state index contributed by atoms with van der Waals surface area (Å²) in [7, 11) is 0. The number of hydrogen-bond acceptors (Lipinski definition) is 5. The summed E-state index contributed by atoms with van der Waals surface area (Å²) < 4.78 is 18.7. The maximum Gasteiger partial charge on any atom is 0.216 e. The Kier molecular flexibility index (Phi) is 4.40. The monoisotopic (exact) mass is 291 g/mol. The zero-order chi connectivity index (χ0) is 14.5. The van der Waals surface area contributed by atoms with Gasteiger partial charge in [0, 0.05) is 25.7 Å². The first-order valence-electron chi connectivity index (χ1n) is 7.15. The van der Waals surface area contributed by atoms with Crippen molar-refractivity contribution in [2.75, 3.05) is 19.6 Å². The second-order valence-corrected chi connectivity index (χ2v) is 5.08. The number of rotatable bonds is 5. The van der Waals surface area contributed by atoms with E-state index in [4.69, 9.17) is 4.74 Å². The summed E-state index contributed by atoms with van der Waals surface area (Å²) in [5.74, 6) is -0.133. The summed E-state index contributed by atoms with van der Waals surface area (Å²) in [6.45, 7) is 3.64. The predicted octanol–water partition coefficient (Wildman–Crippen LogP) is 1.36. The largest absolute Gasteiger partial charge is 0.474 e. The summed E-state index contributed by atoms with van der Waals surface area (Å²) >= 11 is 0. The molecule has 1 aliphatic heterocycles. The second-order valence-electron chi connectivity index (χ2n) is 5.08. The summed E-state index contributed by atoms with van der Waals surface area (Å²) in [4.78, 5) is 7.79. The lowest BCUT2D eigenvalue weighted by Crippen LogP contribution is -2.40. The molecule has 0 radical (unpaired) electrons. The van der Waals surface area contributed by atoms with E-state index >= 15 is 0 Å². The van der Waals surface area contributed by atoms with E-state index in [0.717, 1.165) is 39.0 Å². The molecule has 0 aliphatic carbocycles. The van der Waals surface area contributed by atoms with Gasteiger partial charge in [-0.25, -0.2) is 0 Å². The lowest BCUT2D eigenvalue weighted by atomic mass is 10.1. The van der Waals surface area contributed by atoms with Gasteiger partial charge in [-0.2, -0.15) is 24.4 Å². The zero-order valence-corrected chi connectivity index (χ0v) is 11.7. The van der Waals surface area contributed by atoms with Crippen molar-refractivity contribution < 1.29 is 9.13 Å². The summed E-state index contributed by atoms with van der Waals surface area (Å²) in [5, 5.41) is 8.18. The molecular formula is C14H18FN5O. The first-order chi connectivity index (χ1) is 10.3. The van der Waals surface area contributed by atoms with Crippen molar-refractivity contribution in [2.45, 2.75) is 25.5 Å². The molecule has 1 aliphatic rings. The minimum atomic E-state index is -0.503. The maximum atomic E-state index is 13.0. The summed E-state index contributed by atoms with van der Waals surface area (Å²) in [5.41, 5.74) is 0. The molecule has 0 aromatic carbocycles. The van der Waals surface area contributed by atoms with Crippen molar-refractivity contribution in [1.29, 1.82) is 0 Å². The smallest absolute Gasteiger partial charge is 0.216 e. The number of hydrogen-bond donors (Lipinski definition) is 0. The highest BCUT2D eigenvalue weighted by Gasteiger charge is 2.20. The first-order valence-corrected chi connectivity index (χ1v) is 7.15. The highest BCUT2D eigenvalue weighted by molar-refractivity contribution is 5.10. The molecule has 112 valence electrons. The number of ether oxygens (including phenoxy) is 1. The van der Waals surface area contributed by atoms with Crippen LogP contribution in [0.4, 0.5) is 4.39 Å². The van der Waals surface area contributed by atoms with Gasteiger partial charge in [-0.05, 0) is 18.9 Å². The minimum Gasteiger partial charge on any atom is -0.474 e. The van der Waals surface area contributed by atoms with Gasteiger partial charge >= 0.3 is 0 Å². The van der Waals surface area contributed by atoms with Crippen LogP contribution in [0.5, 0.6) is 5.88 Å². The predicted molar refractivity (Wildman–Crippen MR) is 74.3 cm³/mol. The molecule has 2 aromatic rings. The molecule has 3 heterocycles. The fourth-order valence-electron chi connectivity index (χ4n) is 2.47. The Bertz CT molecular complexity index is 554. The molecule has 0 spiro atoms. The van der Waals surface area contributed by atoms with Crippen LogP contribution in [0.2, 0.25) is 0 Å². The molecule has 7 heteroatoms. The Morgan fingerprint density at radius 2 is 1.90 bits per heavy atom. The fourth-order valence-corrected chi connectivity index (χ4v) is 2.47. The molecule has 6 nitrogen and oxygen atoms in total. The van der Waals surface area contributed by atoms with E-state index in [1.807, 2.05) is 0 Å². The zero-order valence-electron chi connectivity index (χ0n) is 11.7. The van der Waals surface area contributed by atoms with E-state index in [9.17, 15) is 4.39 Å². The number of aromatic nitrogens is 4. The van der Waals surface area contributed by atoms with Gasteiger partial charge in [-0.15, -0.1) is 0 Å². The van der Waals surface area contributed by atoms with Crippen LogP contribution in [0, 0.1) is 5.95 Å². The summed E-state index contributed by atoms with van der Waals surface area (Å²) in [6, 6.07) is 4.63. The van der Waals surface area contributed by atoms with Gasteiger partial charge in [0.15, 0.2) is 0 Å². The van der Waals surface area contributed by atoms with Crippen molar-refractivity contribution in [1.82, 2.24) is 24.9 Å². The number of halogens is 1. The van der Waals surface area contributed by atoms with Crippen molar-refractivity contribution >= 4 is 0 Å². The lowest BCUT2D eigenvalue weighted by Gasteiger charge is -2.31. The average Bonchev–Trinajstić information content (AvgIpc) is 3.00. The van der Waals surface area contributed by atoms with E-state index in [0.29, 0.717) is 5.88 Å². The van der Waals surface area contributed by atoms with Gasteiger partial charge in [-0.1, -0.05) is 6.07 Å². The molecule has 0 atom stereocenters. The fraction of sp³-hybridized carbons (Fsp3) is 0.500. The molecule has 0 N–H and O–H groups in total. The summed E-state index contributed by atoms with van der Waals surface area (Å²) in [6.07, 6.45) is 5.33. The standard InChI is InChI=1S/C14H18FN5O/c15-13-2-1-3-14(18-13)21-12-4-8-19(9-5-12)10-11-20-16-6-7-17-20/h1-3,6-7,12H,4-5,8-11H2. The van der Waals surface area contributed by atoms with Crippen molar-refractivity contribution in [3.05, 3.63) is 36.5 Å². The third-order valence-corrected chi connectivity index (χ3v) is 3.59. The Labute approximate surface area is 122 Å². The number of likely N-dealkylation sites (tertiary alicyclic amines) is 1. The van der Waals surface area contributed by atoms with Crippen LogP contribution >= 0.6 is 0 Å². The van der Waals surface area contributed by atoms with Crippen molar-refractivity contribution in [2.24, 2.45) is 0 Å². The van der Waals surface area contributed by atoms with E-state index in [-0.39, 0.29) is 6.10 Å². The van der Waals surface area contributed by atoms with Crippen LogP contribution < -0.4 is 4.74 Å². The average molecular weight is 291 g/mol. The second kappa shape index (κ2) is 6.62. The first kappa shape index (κ1) is 13.9. The Balaban J connectivity index is 1.42. The van der Waals surface area contributed by atoms with Crippen LogP contribution in [-0.4, -0.2) is 50.6 Å². The molecule has 21 heavy (non-hydrogen) atoms. The highest BCUT2D eigenvalue weighted by Crippen LogP contribution is 2.17. The third kappa shape index (κ3) is 3.98. The number of piperidine rings is 1. The van der Waals surface area contributed by atoms with Gasteiger partial charge in [0.05, 0.1) is 18.9 Å². The van der Waals surface area contributed by atoms with Gasteiger partial charge in [0.2, 0.25) is 11.8 Å². The van der Waals surface area contributed by atoms with Crippen LogP contribution in [-0.2, 0) is 6.54 Å². The highest BCUT2D eigenvalue weighted by atomic mass is 19.1. The Morgan fingerprint density at radius 1 is 1.14 bits per heavy atom. The molecule has 0 amide bonds. The van der Waals surface area contributed by atoms with E-state index in [1.165, 1.54) is 6.07 Å². The van der Waals surface area contributed by atoms with Gasteiger partial charge in [0.1, 0.15) is 6.10 Å². The lowest BCUT2D eigenvalue weighted by molar-refractivity contribution is 0.0930. The van der Waals surface area contributed by atoms with E-state index in [1.54, 1.807) is 29.3 Å². The molecule has 0 bridgehead atoms. The Hall–Kier alpha value is -2.02. The van der Waals surface area contributed by atoms with Gasteiger partial charge in [0.25, 0.3) is 0 Å². The minimum absolute atomic E-state index is 0.110. The topological polar surface area (TPSA) is 56.1 Å². The normalized spacial score (nSPS) is 17.0. The maximum absolute atomic E-state index is 13.0. The quantitative estimate of drug-likeness (QED) is 0.778. The number of nitrogens with zero attached hydrogens (tertiary/aromatic N) is 5. The van der Waals surface area contributed by atoms with Gasteiger partial charge < -0.3 is 9.64 Å². The van der Waals surface area contributed by atoms with E-state index < -0.39 is 5.95 Å². The van der Waals surface area contributed by atoms with E-state index in [2.05, 4.69) is 20.1 Å². The molecule has 1 fully saturated rings. The third-order valence-electron chi connectivity index (χ3n) is 3.59. The van der Waals surface area contributed by atoms with Crippen LogP contribution in [0.15, 0.2) is 30.6 Å². The molecule has 1 saturated heterocycles. The van der Waals surface area contributed by atoms with Crippen LogP contribution in [0.25, 0.3) is 0 Å². The Morgan fingerprint density at radius 3 is 2.62 bits per heavy atom. The molecule has 0 unspecified atom stereocenters. The van der Waals surface area contributed by atoms with Gasteiger partial charge in [-0.3, -0.25) is 0 Å². The van der Waals surface area contributed by atoms with Crippen LogP contribution in [0.3, 0.4) is 0 Å². The van der Waals surface area contributed by atoms with Crippen molar-refractivity contribution in [3.8, 4) is 5.88 Å². The molecular weight excluding hydrogens is 273 g/mol. The SMILES string of the molecule is Fc1cccc(OC2CCN(CCn3nccn3)CC2)n1.